The Balaban J connectivity index is 1.46. The molecule has 0 spiro atoms. The molecule has 35 heavy (non-hydrogen) atoms. The topological polar surface area (TPSA) is 119 Å². The van der Waals surface area contributed by atoms with Crippen molar-refractivity contribution in [2.45, 2.75) is 18.9 Å². The number of carbonyl (C=O) groups excluding carboxylic acids is 1. The van der Waals surface area contributed by atoms with E-state index < -0.39 is 29.8 Å². The molecule has 1 N–H and O–H groups in total. The van der Waals surface area contributed by atoms with E-state index in [0.29, 0.717) is 29.1 Å². The number of hydrogen-bond acceptors (Lipinski definition) is 7. The van der Waals surface area contributed by atoms with Crippen molar-refractivity contribution < 1.29 is 18.0 Å². The van der Waals surface area contributed by atoms with Gasteiger partial charge in [-0.2, -0.15) is 0 Å². The van der Waals surface area contributed by atoms with Gasteiger partial charge in [0.15, 0.2) is 11.5 Å². The van der Waals surface area contributed by atoms with Crippen LogP contribution in [-0.4, -0.2) is 51.8 Å². The molecule has 1 aliphatic heterocycles. The minimum absolute atomic E-state index is 0.111. The average molecular weight is 476 g/mol. The summed E-state index contributed by atoms with van der Waals surface area (Å²) in [5.74, 6) is -1.05. The van der Waals surface area contributed by atoms with Crippen LogP contribution in [0.4, 0.5) is 8.78 Å². The van der Waals surface area contributed by atoms with Gasteiger partial charge in [-0.25, -0.2) is 33.7 Å². The van der Waals surface area contributed by atoms with E-state index in [1.54, 1.807) is 17.8 Å². The fourth-order valence-electron chi connectivity index (χ4n) is 4.31. The molecule has 1 aromatic carbocycles. The van der Waals surface area contributed by atoms with E-state index in [9.17, 15) is 13.6 Å². The van der Waals surface area contributed by atoms with Crippen LogP contribution in [0.2, 0.25) is 0 Å². The summed E-state index contributed by atoms with van der Waals surface area (Å²) >= 11 is 0. The SMILES string of the molecule is Cn1cncc1-c1nc(C(F)F)c(C(=O)N2CCc3[nH]cnc3[C@H]2c2ncc3ccccc3n2)o1. The summed E-state index contributed by atoms with van der Waals surface area (Å²) in [5.41, 5.74) is 1.73. The molecule has 5 aromatic rings. The van der Waals surface area contributed by atoms with Gasteiger partial charge in [0.1, 0.15) is 11.7 Å². The first-order valence-electron chi connectivity index (χ1n) is 10.8. The molecule has 10 nitrogen and oxygen atoms in total. The molecule has 176 valence electrons. The number of amides is 1. The number of aromatic nitrogens is 7. The molecule has 0 unspecified atom stereocenters. The van der Waals surface area contributed by atoms with Gasteiger partial charge in [0.25, 0.3) is 12.3 Å². The fourth-order valence-corrected chi connectivity index (χ4v) is 4.31. The predicted octanol–water partition coefficient (Wildman–Crippen LogP) is 3.47. The number of nitrogens with zero attached hydrogens (tertiary/aromatic N) is 7. The standard InChI is InChI=1S/C23H18F2N8O2/c1-32-11-26-9-15(32)22-31-17(20(24)25)19(35-22)23(34)33-7-6-14-16(29-10-28-14)18(33)21-27-8-12-4-2-3-5-13(12)30-21/h2-5,8-11,18,20H,6-7H2,1H3,(H,28,29)/t18-/m0/s1. The number of aryl methyl sites for hydroxylation is 1. The van der Waals surface area contributed by atoms with E-state index in [4.69, 9.17) is 4.42 Å². The van der Waals surface area contributed by atoms with Gasteiger partial charge >= 0.3 is 0 Å². The van der Waals surface area contributed by atoms with E-state index >= 15 is 0 Å². The molecule has 12 heteroatoms. The molecule has 0 fully saturated rings. The number of hydrogen-bond donors (Lipinski definition) is 1. The van der Waals surface area contributed by atoms with Crippen molar-refractivity contribution in [1.29, 1.82) is 0 Å². The monoisotopic (exact) mass is 476 g/mol. The summed E-state index contributed by atoms with van der Waals surface area (Å²) in [5, 5.41) is 0.836. The van der Waals surface area contributed by atoms with Crippen molar-refractivity contribution in [2.24, 2.45) is 7.05 Å². The van der Waals surface area contributed by atoms with E-state index in [0.717, 1.165) is 11.1 Å². The number of carbonyl (C=O) groups is 1. The van der Waals surface area contributed by atoms with Crippen LogP contribution in [0.25, 0.3) is 22.5 Å². The summed E-state index contributed by atoms with van der Waals surface area (Å²) in [4.78, 5) is 39.6. The summed E-state index contributed by atoms with van der Waals surface area (Å²) in [6.45, 7) is 0.222. The van der Waals surface area contributed by atoms with Crippen molar-refractivity contribution in [3.8, 4) is 11.6 Å². The molecule has 4 aromatic heterocycles. The van der Waals surface area contributed by atoms with Gasteiger partial charge in [0.05, 0.1) is 30.1 Å². The number of para-hydroxylation sites is 1. The second-order valence-corrected chi connectivity index (χ2v) is 8.13. The lowest BCUT2D eigenvalue weighted by Crippen LogP contribution is -2.41. The van der Waals surface area contributed by atoms with Crippen LogP contribution in [0.5, 0.6) is 0 Å². The maximum atomic E-state index is 13.9. The summed E-state index contributed by atoms with van der Waals surface area (Å²) in [7, 11) is 1.67. The first-order valence-corrected chi connectivity index (χ1v) is 10.8. The van der Waals surface area contributed by atoms with E-state index in [1.807, 2.05) is 24.3 Å². The number of alkyl halides is 2. The van der Waals surface area contributed by atoms with Crippen molar-refractivity contribution in [1.82, 2.24) is 39.4 Å². The molecular formula is C23H18F2N8O2. The molecule has 0 saturated carbocycles. The number of benzene rings is 1. The highest BCUT2D eigenvalue weighted by atomic mass is 19.3. The molecule has 0 bridgehead atoms. The van der Waals surface area contributed by atoms with Crippen LogP contribution >= 0.6 is 0 Å². The molecule has 0 aliphatic carbocycles. The number of H-pyrrole nitrogens is 1. The third-order valence-electron chi connectivity index (χ3n) is 6.03. The lowest BCUT2D eigenvalue weighted by Gasteiger charge is -2.33. The first-order chi connectivity index (χ1) is 17.0. The van der Waals surface area contributed by atoms with Crippen LogP contribution in [0.1, 0.15) is 45.9 Å². The maximum Gasteiger partial charge on any atom is 0.292 e. The zero-order chi connectivity index (χ0) is 24.1. The van der Waals surface area contributed by atoms with Gasteiger partial charge in [-0.05, 0) is 6.07 Å². The number of oxazole rings is 1. The minimum atomic E-state index is -3.01. The average Bonchev–Trinajstić information content (AvgIpc) is 3.61. The molecule has 1 aliphatic rings. The minimum Gasteiger partial charge on any atom is -0.429 e. The Labute approximate surface area is 196 Å². The Hall–Kier alpha value is -4.48. The normalized spacial score (nSPS) is 15.7. The third-order valence-corrected chi connectivity index (χ3v) is 6.03. The van der Waals surface area contributed by atoms with Crippen LogP contribution in [0, 0.1) is 0 Å². The second-order valence-electron chi connectivity index (χ2n) is 8.13. The fraction of sp³-hybridized carbons (Fsp3) is 0.217. The predicted molar refractivity (Wildman–Crippen MR) is 118 cm³/mol. The Morgan fingerprint density at radius 2 is 2.06 bits per heavy atom. The highest BCUT2D eigenvalue weighted by molar-refractivity contribution is 5.93. The smallest absolute Gasteiger partial charge is 0.292 e. The number of aromatic amines is 1. The third kappa shape index (κ3) is 3.45. The number of nitrogens with one attached hydrogen (secondary N) is 1. The molecule has 1 atom stereocenters. The Morgan fingerprint density at radius 1 is 1.20 bits per heavy atom. The Kier molecular flexibility index (Phi) is 4.87. The van der Waals surface area contributed by atoms with Crippen molar-refractivity contribution in [2.75, 3.05) is 6.54 Å². The van der Waals surface area contributed by atoms with Gasteiger partial charge in [-0.1, -0.05) is 18.2 Å². The van der Waals surface area contributed by atoms with Gasteiger partial charge < -0.3 is 18.9 Å². The lowest BCUT2D eigenvalue weighted by molar-refractivity contribution is 0.0636. The highest BCUT2D eigenvalue weighted by Crippen LogP contribution is 2.36. The molecule has 6 rings (SSSR count). The molecule has 1 amide bonds. The van der Waals surface area contributed by atoms with Crippen molar-refractivity contribution in [3.63, 3.8) is 0 Å². The van der Waals surface area contributed by atoms with E-state index in [2.05, 4.69) is 29.9 Å². The van der Waals surface area contributed by atoms with Gasteiger partial charge in [-0.3, -0.25) is 4.79 Å². The van der Waals surface area contributed by atoms with Gasteiger partial charge in [0.2, 0.25) is 11.7 Å². The molecule has 5 heterocycles. The summed E-state index contributed by atoms with van der Waals surface area (Å²) in [6.07, 6.45) is 3.56. The number of rotatable bonds is 4. The number of halogens is 2. The Morgan fingerprint density at radius 3 is 2.86 bits per heavy atom. The summed E-state index contributed by atoms with van der Waals surface area (Å²) in [6, 6.07) is 6.66. The van der Waals surface area contributed by atoms with Crippen molar-refractivity contribution >= 4 is 16.8 Å². The Bertz CT molecular complexity index is 1560. The zero-order valence-electron chi connectivity index (χ0n) is 18.4. The molecular weight excluding hydrogens is 458 g/mol. The zero-order valence-corrected chi connectivity index (χ0v) is 18.4. The molecule has 0 saturated heterocycles. The summed E-state index contributed by atoms with van der Waals surface area (Å²) < 4.78 is 35.1. The van der Waals surface area contributed by atoms with Crippen LogP contribution in [0.15, 0.2) is 53.7 Å². The number of fused-ring (bicyclic) bond motifs is 2. The van der Waals surface area contributed by atoms with Crippen LogP contribution < -0.4 is 0 Å². The second kappa shape index (κ2) is 8.08. The largest absolute Gasteiger partial charge is 0.429 e. The first kappa shape index (κ1) is 21.1. The van der Waals surface area contributed by atoms with E-state index in [1.165, 1.54) is 23.8 Å². The van der Waals surface area contributed by atoms with Gasteiger partial charge in [-0.15, -0.1) is 0 Å². The van der Waals surface area contributed by atoms with Crippen LogP contribution in [0.3, 0.4) is 0 Å². The quantitative estimate of drug-likeness (QED) is 0.422. The molecule has 0 radical (unpaired) electrons. The van der Waals surface area contributed by atoms with Crippen molar-refractivity contribution in [3.05, 3.63) is 78.0 Å². The number of imidazole rings is 2. The lowest BCUT2D eigenvalue weighted by atomic mass is 10.0. The van der Waals surface area contributed by atoms with Crippen LogP contribution in [-0.2, 0) is 13.5 Å². The van der Waals surface area contributed by atoms with Gasteiger partial charge in [0, 0.05) is 37.3 Å². The highest BCUT2D eigenvalue weighted by Gasteiger charge is 2.40. The maximum absolute atomic E-state index is 13.9. The van der Waals surface area contributed by atoms with E-state index in [-0.39, 0.29) is 12.4 Å².